The zero-order chi connectivity index (χ0) is 14.1. The van der Waals surface area contributed by atoms with Crippen LogP contribution in [0.1, 0.15) is 24.8 Å². The van der Waals surface area contributed by atoms with Crippen LogP contribution in [0, 0.1) is 11.3 Å². The minimum Gasteiger partial charge on any atom is -0.398 e. The van der Waals surface area contributed by atoms with Crippen LogP contribution < -0.4 is 10.5 Å². The van der Waals surface area contributed by atoms with Crippen LogP contribution in [0.25, 0.3) is 0 Å². The third-order valence-corrected chi connectivity index (χ3v) is 5.05. The first kappa shape index (κ1) is 13.8. The molecule has 6 nitrogen and oxygen atoms in total. The number of nitrogens with one attached hydrogen (secondary N) is 1. The fourth-order valence-electron chi connectivity index (χ4n) is 2.10. The quantitative estimate of drug-likeness (QED) is 0.688. The summed E-state index contributed by atoms with van der Waals surface area (Å²) >= 11 is 0. The molecule has 1 aliphatic rings. The van der Waals surface area contributed by atoms with E-state index in [0.717, 1.165) is 6.42 Å². The van der Waals surface area contributed by atoms with Crippen molar-refractivity contribution in [2.75, 3.05) is 12.3 Å². The lowest BCUT2D eigenvalue weighted by Gasteiger charge is -2.40. The number of sulfonamides is 1. The first-order valence-electron chi connectivity index (χ1n) is 5.87. The first-order valence-corrected chi connectivity index (χ1v) is 7.35. The van der Waals surface area contributed by atoms with E-state index in [1.54, 1.807) is 0 Å². The largest absolute Gasteiger partial charge is 0.398 e. The Labute approximate surface area is 111 Å². The van der Waals surface area contributed by atoms with Gasteiger partial charge in [-0.25, -0.2) is 13.1 Å². The summed E-state index contributed by atoms with van der Waals surface area (Å²) in [6.45, 7) is -0.234. The van der Waals surface area contributed by atoms with E-state index in [-0.39, 0.29) is 17.2 Å². The highest BCUT2D eigenvalue weighted by atomic mass is 32.2. The second-order valence-electron chi connectivity index (χ2n) is 4.76. The summed E-state index contributed by atoms with van der Waals surface area (Å²) in [5, 5.41) is 18.0. The Morgan fingerprint density at radius 3 is 2.58 bits per heavy atom. The fourth-order valence-corrected chi connectivity index (χ4v) is 3.66. The van der Waals surface area contributed by atoms with Crippen LogP contribution in [-0.4, -0.2) is 25.7 Å². The molecule has 19 heavy (non-hydrogen) atoms. The molecular weight excluding hydrogens is 266 g/mol. The van der Waals surface area contributed by atoms with Crippen molar-refractivity contribution in [3.63, 3.8) is 0 Å². The zero-order valence-electron chi connectivity index (χ0n) is 10.3. The molecule has 1 aromatic rings. The average molecular weight is 281 g/mol. The highest BCUT2D eigenvalue weighted by Gasteiger charge is 2.40. The molecule has 0 radical (unpaired) electrons. The number of rotatable bonds is 4. The van der Waals surface area contributed by atoms with Crippen molar-refractivity contribution in [2.24, 2.45) is 0 Å². The minimum atomic E-state index is -3.79. The first-order chi connectivity index (χ1) is 8.92. The van der Waals surface area contributed by atoms with Gasteiger partial charge in [-0.1, -0.05) is 0 Å². The van der Waals surface area contributed by atoms with Crippen molar-refractivity contribution < 1.29 is 13.5 Å². The van der Waals surface area contributed by atoms with Gasteiger partial charge in [0.05, 0.1) is 29.5 Å². The van der Waals surface area contributed by atoms with E-state index >= 15 is 0 Å². The lowest BCUT2D eigenvalue weighted by atomic mass is 9.78. The van der Waals surface area contributed by atoms with Crippen molar-refractivity contribution in [1.82, 2.24) is 4.72 Å². The molecule has 0 saturated heterocycles. The van der Waals surface area contributed by atoms with Crippen molar-refractivity contribution in [2.45, 2.75) is 29.7 Å². The van der Waals surface area contributed by atoms with Gasteiger partial charge < -0.3 is 10.8 Å². The number of hydrogen-bond acceptors (Lipinski definition) is 5. The van der Waals surface area contributed by atoms with Gasteiger partial charge >= 0.3 is 0 Å². The Hall–Kier alpha value is -1.62. The summed E-state index contributed by atoms with van der Waals surface area (Å²) in [5.41, 5.74) is 5.23. The third-order valence-electron chi connectivity index (χ3n) is 3.39. The Balaban J connectivity index is 2.32. The van der Waals surface area contributed by atoms with Gasteiger partial charge in [0.1, 0.15) is 4.90 Å². The normalized spacial score (nSPS) is 17.5. The van der Waals surface area contributed by atoms with Crippen LogP contribution in [0.2, 0.25) is 0 Å². The lowest BCUT2D eigenvalue weighted by Crippen LogP contribution is -2.56. The van der Waals surface area contributed by atoms with E-state index < -0.39 is 15.6 Å². The van der Waals surface area contributed by atoms with Gasteiger partial charge in [-0.15, -0.1) is 0 Å². The number of aliphatic hydroxyl groups excluding tert-OH is 1. The van der Waals surface area contributed by atoms with Gasteiger partial charge in [0, 0.05) is 0 Å². The summed E-state index contributed by atoms with van der Waals surface area (Å²) in [6.07, 6.45) is 2.10. The fraction of sp³-hybridized carbons (Fsp3) is 0.417. The van der Waals surface area contributed by atoms with E-state index in [9.17, 15) is 13.5 Å². The number of hydrogen-bond donors (Lipinski definition) is 3. The Bertz CT molecular complexity index is 625. The molecule has 4 N–H and O–H groups in total. The number of anilines is 1. The molecule has 0 heterocycles. The molecule has 0 unspecified atom stereocenters. The standard InChI is InChI=1S/C12H15N3O3S/c13-7-9-2-3-11(10(14)6-9)19(17,18)15-12(8-16)4-1-5-12/h2-3,6,15-16H,1,4-5,8,14H2. The minimum absolute atomic E-state index is 0.0268. The summed E-state index contributed by atoms with van der Waals surface area (Å²) in [7, 11) is -3.79. The molecule has 1 aromatic carbocycles. The van der Waals surface area contributed by atoms with E-state index in [2.05, 4.69) is 4.72 Å². The highest BCUT2D eigenvalue weighted by molar-refractivity contribution is 7.89. The maximum Gasteiger partial charge on any atom is 0.243 e. The summed E-state index contributed by atoms with van der Waals surface area (Å²) < 4.78 is 27.0. The number of nitrogens with zero attached hydrogens (tertiary/aromatic N) is 1. The average Bonchev–Trinajstić information content (AvgIpc) is 2.33. The molecule has 0 atom stereocenters. The SMILES string of the molecule is N#Cc1ccc(S(=O)(=O)NC2(CO)CCC2)c(N)c1. The van der Waals surface area contributed by atoms with E-state index in [1.807, 2.05) is 6.07 Å². The second-order valence-corrected chi connectivity index (χ2v) is 6.41. The molecule has 1 aliphatic carbocycles. The van der Waals surface area contributed by atoms with Gasteiger partial charge in [-0.2, -0.15) is 5.26 Å². The highest BCUT2D eigenvalue weighted by Crippen LogP contribution is 2.33. The Morgan fingerprint density at radius 1 is 1.47 bits per heavy atom. The van der Waals surface area contributed by atoms with Crippen molar-refractivity contribution in [1.29, 1.82) is 5.26 Å². The third kappa shape index (κ3) is 2.56. The van der Waals surface area contributed by atoms with E-state index in [1.165, 1.54) is 18.2 Å². The van der Waals surface area contributed by atoms with Crippen LogP contribution in [0.5, 0.6) is 0 Å². The molecule has 102 valence electrons. The van der Waals surface area contributed by atoms with Crippen LogP contribution in [0.15, 0.2) is 23.1 Å². The van der Waals surface area contributed by atoms with Crippen molar-refractivity contribution >= 4 is 15.7 Å². The van der Waals surface area contributed by atoms with Crippen molar-refractivity contribution in [3.8, 4) is 6.07 Å². The number of aliphatic hydroxyl groups is 1. The van der Waals surface area contributed by atoms with Gasteiger partial charge in [-0.05, 0) is 37.5 Å². The molecule has 0 spiro atoms. The Kier molecular flexibility index (Phi) is 3.49. The molecular formula is C12H15N3O3S. The molecule has 0 aliphatic heterocycles. The van der Waals surface area contributed by atoms with E-state index in [4.69, 9.17) is 11.0 Å². The molecule has 1 fully saturated rings. The number of nitrogen functional groups attached to an aromatic ring is 1. The molecule has 2 rings (SSSR count). The second kappa shape index (κ2) is 4.81. The molecule has 0 bridgehead atoms. The Morgan fingerprint density at radius 2 is 2.16 bits per heavy atom. The van der Waals surface area contributed by atoms with Gasteiger partial charge in [-0.3, -0.25) is 0 Å². The van der Waals surface area contributed by atoms with Gasteiger partial charge in [0.25, 0.3) is 0 Å². The summed E-state index contributed by atoms with van der Waals surface area (Å²) in [6, 6.07) is 5.92. The van der Waals surface area contributed by atoms with Crippen molar-refractivity contribution in [3.05, 3.63) is 23.8 Å². The predicted octanol–water partition coefficient (Wildman–Crippen LogP) is 0.334. The topological polar surface area (TPSA) is 116 Å². The lowest BCUT2D eigenvalue weighted by molar-refractivity contribution is 0.110. The van der Waals surface area contributed by atoms with Gasteiger partial charge in [0.15, 0.2) is 0 Å². The van der Waals surface area contributed by atoms with Crippen LogP contribution >= 0.6 is 0 Å². The molecule has 0 amide bonds. The number of nitriles is 1. The zero-order valence-corrected chi connectivity index (χ0v) is 11.1. The number of nitrogens with two attached hydrogens (primary N) is 1. The molecule has 7 heteroatoms. The monoisotopic (exact) mass is 281 g/mol. The summed E-state index contributed by atoms with van der Waals surface area (Å²) in [5.74, 6) is 0. The summed E-state index contributed by atoms with van der Waals surface area (Å²) in [4.78, 5) is -0.0637. The predicted molar refractivity (Wildman–Crippen MR) is 69.6 cm³/mol. The maximum absolute atomic E-state index is 12.2. The smallest absolute Gasteiger partial charge is 0.243 e. The van der Waals surface area contributed by atoms with E-state index in [0.29, 0.717) is 18.4 Å². The van der Waals surface area contributed by atoms with Crippen LogP contribution in [-0.2, 0) is 10.0 Å². The van der Waals surface area contributed by atoms with Gasteiger partial charge in [0.2, 0.25) is 10.0 Å². The number of benzene rings is 1. The van der Waals surface area contributed by atoms with Crippen LogP contribution in [0.3, 0.4) is 0 Å². The maximum atomic E-state index is 12.2. The molecule has 1 saturated carbocycles. The molecule has 0 aromatic heterocycles. The van der Waals surface area contributed by atoms with Crippen LogP contribution in [0.4, 0.5) is 5.69 Å².